The number of carbonyl (C=O) groups is 3. The summed E-state index contributed by atoms with van der Waals surface area (Å²) in [5, 5.41) is 57.7. The Morgan fingerprint density at radius 1 is 0.452 bits per heavy atom. The molecule has 6 N–H and O–H groups in total. The van der Waals surface area contributed by atoms with Crippen molar-refractivity contribution < 1.29 is 58.7 Å². The number of benzene rings is 4. The van der Waals surface area contributed by atoms with Crippen LogP contribution in [0.15, 0.2) is 91.0 Å². The lowest BCUT2D eigenvalue weighted by Gasteiger charge is -2.15. The first-order valence-corrected chi connectivity index (χ1v) is 12.2. The molecule has 0 atom stereocenters. The van der Waals surface area contributed by atoms with Crippen molar-refractivity contribution in [2.75, 3.05) is 0 Å². The lowest BCUT2D eigenvalue weighted by atomic mass is 9.77. The van der Waals surface area contributed by atoms with Crippen LogP contribution < -0.4 is 30.6 Å². The van der Waals surface area contributed by atoms with Crippen molar-refractivity contribution in [3.05, 3.63) is 108 Å². The van der Waals surface area contributed by atoms with Gasteiger partial charge in [0.05, 0.1) is 16.7 Å². The van der Waals surface area contributed by atoms with E-state index in [-0.39, 0.29) is 44.6 Å². The van der Waals surface area contributed by atoms with E-state index in [1.807, 2.05) is 0 Å². The Morgan fingerprint density at radius 3 is 1.21 bits per heavy atom. The Kier molecular flexibility index (Phi) is 9.55. The van der Waals surface area contributed by atoms with Crippen LogP contribution in [0.4, 0.5) is 0 Å². The van der Waals surface area contributed by atoms with Gasteiger partial charge in [-0.2, -0.15) is 0 Å². The fourth-order valence-corrected chi connectivity index (χ4v) is 3.91. The average Bonchev–Trinajstić information content (AvgIpc) is 2.98. The molecule has 210 valence electrons. The number of ether oxygens (including phenoxy) is 3. The molecule has 0 fully saturated rings. The highest BCUT2D eigenvalue weighted by atomic mass is 16.6. The molecule has 0 saturated heterocycles. The topological polar surface area (TPSA) is 200 Å². The summed E-state index contributed by atoms with van der Waals surface area (Å²) in [5.41, 5.74) is -1.04. The van der Waals surface area contributed by atoms with Gasteiger partial charge < -0.3 is 44.4 Å². The zero-order valence-corrected chi connectivity index (χ0v) is 21.5. The summed E-state index contributed by atoms with van der Waals surface area (Å²) in [5.74, 6) is -4.09. The van der Waals surface area contributed by atoms with E-state index < -0.39 is 45.0 Å². The first kappa shape index (κ1) is 30.2. The SMILES string of the molecule is O=C(Oc1ccc(OC(=O)c2ccccc2B(O)O)c(OC(=O)c2ccccc2B(O)O)c1)c1ccccc1B(O)O. The summed E-state index contributed by atoms with van der Waals surface area (Å²) in [4.78, 5) is 38.8. The van der Waals surface area contributed by atoms with Crippen molar-refractivity contribution in [2.24, 2.45) is 0 Å². The van der Waals surface area contributed by atoms with E-state index in [1.165, 1.54) is 78.9 Å². The van der Waals surface area contributed by atoms with Crippen LogP contribution in [0.1, 0.15) is 31.1 Å². The molecule has 4 aromatic carbocycles. The molecule has 42 heavy (non-hydrogen) atoms. The molecule has 0 heterocycles. The maximum absolute atomic E-state index is 13.1. The second kappa shape index (κ2) is 13.3. The van der Waals surface area contributed by atoms with E-state index in [1.54, 1.807) is 0 Å². The average molecular weight is 570 g/mol. The second-order valence-corrected chi connectivity index (χ2v) is 8.66. The van der Waals surface area contributed by atoms with Crippen LogP contribution in [0.5, 0.6) is 17.2 Å². The van der Waals surface area contributed by atoms with Crippen LogP contribution in [0, 0.1) is 0 Å². The second-order valence-electron chi connectivity index (χ2n) is 8.66. The van der Waals surface area contributed by atoms with Crippen LogP contribution in [0.3, 0.4) is 0 Å². The van der Waals surface area contributed by atoms with Crippen molar-refractivity contribution in [3.8, 4) is 17.2 Å². The highest BCUT2D eigenvalue weighted by molar-refractivity contribution is 6.61. The van der Waals surface area contributed by atoms with Crippen LogP contribution in [-0.4, -0.2) is 69.4 Å². The molecule has 4 rings (SSSR count). The first-order chi connectivity index (χ1) is 20.1. The van der Waals surface area contributed by atoms with Gasteiger partial charge in [0, 0.05) is 6.07 Å². The van der Waals surface area contributed by atoms with Crippen LogP contribution in [-0.2, 0) is 0 Å². The summed E-state index contributed by atoms with van der Waals surface area (Å²) in [6.45, 7) is 0. The predicted octanol–water partition coefficient (Wildman–Crippen LogP) is -1.62. The molecule has 4 aromatic rings. The quantitative estimate of drug-likeness (QED) is 0.0766. The van der Waals surface area contributed by atoms with E-state index in [2.05, 4.69) is 0 Å². The van der Waals surface area contributed by atoms with Crippen LogP contribution in [0.25, 0.3) is 0 Å². The number of hydrogen-bond donors (Lipinski definition) is 6. The molecule has 0 unspecified atom stereocenters. The summed E-state index contributed by atoms with van der Waals surface area (Å²) in [6.07, 6.45) is 0. The summed E-state index contributed by atoms with van der Waals surface area (Å²) in [7, 11) is -5.97. The molecular formula is C27H21B3O12. The molecule has 0 spiro atoms. The van der Waals surface area contributed by atoms with Gasteiger partial charge in [0.25, 0.3) is 0 Å². The number of esters is 3. The molecule has 15 heteroatoms. The van der Waals surface area contributed by atoms with E-state index >= 15 is 0 Å². The molecule has 0 aliphatic carbocycles. The van der Waals surface area contributed by atoms with Crippen molar-refractivity contribution in [1.82, 2.24) is 0 Å². The minimum atomic E-state index is -2.01. The lowest BCUT2D eigenvalue weighted by Crippen LogP contribution is -2.36. The maximum atomic E-state index is 13.1. The lowest BCUT2D eigenvalue weighted by molar-refractivity contribution is 0.0680. The number of hydrogen-bond acceptors (Lipinski definition) is 12. The van der Waals surface area contributed by atoms with Crippen LogP contribution in [0.2, 0.25) is 0 Å². The minimum Gasteiger partial charge on any atom is -0.423 e. The largest absolute Gasteiger partial charge is 0.489 e. The summed E-state index contributed by atoms with van der Waals surface area (Å²) >= 11 is 0. The van der Waals surface area contributed by atoms with E-state index in [4.69, 9.17) is 14.2 Å². The van der Waals surface area contributed by atoms with E-state index in [0.29, 0.717) is 0 Å². The third kappa shape index (κ3) is 6.93. The van der Waals surface area contributed by atoms with Crippen molar-refractivity contribution in [2.45, 2.75) is 0 Å². The van der Waals surface area contributed by atoms with Crippen LogP contribution >= 0.6 is 0 Å². The Labute approximate surface area is 239 Å². The van der Waals surface area contributed by atoms with Gasteiger partial charge in [0.15, 0.2) is 11.5 Å². The van der Waals surface area contributed by atoms with Gasteiger partial charge in [-0.15, -0.1) is 0 Å². The van der Waals surface area contributed by atoms with E-state index in [9.17, 15) is 44.5 Å². The summed E-state index contributed by atoms with van der Waals surface area (Å²) < 4.78 is 16.1. The van der Waals surface area contributed by atoms with Crippen molar-refractivity contribution in [3.63, 3.8) is 0 Å². The Bertz CT molecular complexity index is 1620. The van der Waals surface area contributed by atoms with Gasteiger partial charge in [-0.05, 0) is 46.7 Å². The van der Waals surface area contributed by atoms with Gasteiger partial charge >= 0.3 is 39.3 Å². The number of rotatable bonds is 9. The highest BCUT2D eigenvalue weighted by Crippen LogP contribution is 2.33. The van der Waals surface area contributed by atoms with Crippen molar-refractivity contribution in [1.29, 1.82) is 0 Å². The maximum Gasteiger partial charge on any atom is 0.489 e. The molecule has 12 nitrogen and oxygen atoms in total. The molecule has 0 aromatic heterocycles. The van der Waals surface area contributed by atoms with Crippen molar-refractivity contribution >= 4 is 55.7 Å². The normalized spacial score (nSPS) is 10.4. The smallest absolute Gasteiger partial charge is 0.423 e. The van der Waals surface area contributed by atoms with Gasteiger partial charge in [-0.3, -0.25) is 0 Å². The Morgan fingerprint density at radius 2 is 0.810 bits per heavy atom. The van der Waals surface area contributed by atoms with E-state index in [0.717, 1.165) is 12.1 Å². The first-order valence-electron chi connectivity index (χ1n) is 12.2. The number of carbonyl (C=O) groups excluding carboxylic acids is 3. The molecule has 0 bridgehead atoms. The monoisotopic (exact) mass is 570 g/mol. The molecule has 0 saturated carbocycles. The zero-order chi connectivity index (χ0) is 30.4. The predicted molar refractivity (Wildman–Crippen MR) is 150 cm³/mol. The molecule has 0 aliphatic rings. The molecule has 0 aliphatic heterocycles. The molecule has 0 radical (unpaired) electrons. The fraction of sp³-hybridized carbons (Fsp3) is 0. The zero-order valence-electron chi connectivity index (χ0n) is 21.5. The molecule has 0 amide bonds. The van der Waals surface area contributed by atoms with Gasteiger partial charge in [0.2, 0.25) is 0 Å². The summed E-state index contributed by atoms with van der Waals surface area (Å²) in [6, 6.07) is 19.9. The fourth-order valence-electron chi connectivity index (χ4n) is 3.91. The third-order valence-corrected chi connectivity index (χ3v) is 5.91. The van der Waals surface area contributed by atoms with Gasteiger partial charge in [0.1, 0.15) is 5.75 Å². The highest BCUT2D eigenvalue weighted by Gasteiger charge is 2.26. The third-order valence-electron chi connectivity index (χ3n) is 5.91. The molecular weight excluding hydrogens is 549 g/mol. The Hall–Kier alpha value is -4.76. The minimum absolute atomic E-state index is 0.122. The van der Waals surface area contributed by atoms with Gasteiger partial charge in [-0.1, -0.05) is 54.6 Å². The standard InChI is InChI=1S/C27H21B3O12/c31-25(17-7-1-4-10-20(17)28(34)35)40-16-13-14-23(41-26(32)18-8-2-5-11-21(18)29(36)37)24(15-16)42-27(33)19-9-3-6-12-22(19)30(38)39/h1-15,34-39H. The Balaban J connectivity index is 1.70. The van der Waals surface area contributed by atoms with Gasteiger partial charge in [-0.25, -0.2) is 14.4 Å².